The van der Waals surface area contributed by atoms with E-state index in [9.17, 15) is 26.7 Å². The van der Waals surface area contributed by atoms with Crippen molar-refractivity contribution in [3.63, 3.8) is 0 Å². The fourth-order valence-corrected chi connectivity index (χ4v) is 4.56. The fourth-order valence-electron chi connectivity index (χ4n) is 4.56. The molecule has 1 unspecified atom stereocenters. The molecule has 5 rings (SSSR count). The van der Waals surface area contributed by atoms with Crippen molar-refractivity contribution >= 4 is 23.5 Å². The van der Waals surface area contributed by atoms with Gasteiger partial charge in [-0.15, -0.1) is 0 Å². The van der Waals surface area contributed by atoms with Crippen LogP contribution >= 0.6 is 0 Å². The summed E-state index contributed by atoms with van der Waals surface area (Å²) in [6.07, 6.45) is -0.253. The first-order chi connectivity index (χ1) is 16.4. The summed E-state index contributed by atoms with van der Waals surface area (Å²) in [7, 11) is 0. The Morgan fingerprint density at radius 3 is 2.60 bits per heavy atom. The summed E-state index contributed by atoms with van der Waals surface area (Å²) in [5, 5.41) is 2.61. The Morgan fingerprint density at radius 1 is 1.20 bits per heavy atom. The molecule has 0 aromatic carbocycles. The predicted octanol–water partition coefficient (Wildman–Crippen LogP) is 4.60. The second-order valence-electron chi connectivity index (χ2n) is 9.86. The maximum atomic E-state index is 13.5. The molecule has 2 aromatic heterocycles. The van der Waals surface area contributed by atoms with Gasteiger partial charge >= 0.3 is 6.18 Å². The third kappa shape index (κ3) is 4.87. The number of alkyl halides is 5. The first-order valence-corrected chi connectivity index (χ1v) is 11.5. The van der Waals surface area contributed by atoms with Crippen molar-refractivity contribution in [2.24, 2.45) is 5.41 Å². The maximum Gasteiger partial charge on any atom is 0.419 e. The Kier molecular flexibility index (Phi) is 5.59. The Balaban J connectivity index is 1.45. The minimum Gasteiger partial charge on any atom is -0.342 e. The Bertz CT molecular complexity index is 1130. The number of likely N-dealkylation sites (tertiary alicyclic amines) is 1. The average molecular weight is 496 g/mol. The largest absolute Gasteiger partial charge is 0.419 e. The van der Waals surface area contributed by atoms with Crippen molar-refractivity contribution in [1.82, 2.24) is 19.9 Å². The van der Waals surface area contributed by atoms with E-state index in [1.54, 1.807) is 0 Å². The molecule has 2 aliphatic heterocycles. The predicted molar refractivity (Wildman–Crippen MR) is 118 cm³/mol. The van der Waals surface area contributed by atoms with E-state index < -0.39 is 36.6 Å². The van der Waals surface area contributed by atoms with Gasteiger partial charge in [-0.2, -0.15) is 18.2 Å². The van der Waals surface area contributed by atoms with Crippen LogP contribution in [0, 0.1) is 5.41 Å². The Hall–Kier alpha value is -3.05. The second kappa shape index (κ2) is 8.27. The van der Waals surface area contributed by atoms with Crippen molar-refractivity contribution in [1.29, 1.82) is 0 Å². The molecule has 3 fully saturated rings. The number of nitrogens with one attached hydrogen (secondary N) is 1. The number of anilines is 3. The fraction of sp³-hybridized carbons (Fsp3) is 0.565. The number of hydrogen-bond donors (Lipinski definition) is 1. The molecule has 188 valence electrons. The highest BCUT2D eigenvalue weighted by atomic mass is 19.4. The van der Waals surface area contributed by atoms with Crippen molar-refractivity contribution < 1.29 is 26.7 Å². The molecule has 2 aromatic rings. The Morgan fingerprint density at radius 2 is 1.94 bits per heavy atom. The van der Waals surface area contributed by atoms with Crippen LogP contribution in [0.5, 0.6) is 0 Å². The minimum absolute atomic E-state index is 0.0121. The van der Waals surface area contributed by atoms with Crippen LogP contribution in [0.4, 0.5) is 39.5 Å². The topological polar surface area (TPSA) is 74.2 Å². The van der Waals surface area contributed by atoms with Gasteiger partial charge in [0.05, 0.1) is 24.3 Å². The van der Waals surface area contributed by atoms with E-state index >= 15 is 0 Å². The van der Waals surface area contributed by atoms with Crippen LogP contribution in [0.25, 0.3) is 0 Å². The summed E-state index contributed by atoms with van der Waals surface area (Å²) < 4.78 is 67.4. The normalized spacial score (nSPS) is 23.0. The summed E-state index contributed by atoms with van der Waals surface area (Å²) in [6.45, 7) is 1.85. The van der Waals surface area contributed by atoms with E-state index in [1.165, 1.54) is 23.2 Å². The lowest BCUT2D eigenvalue weighted by Crippen LogP contribution is -2.57. The molecule has 1 aliphatic carbocycles. The van der Waals surface area contributed by atoms with Crippen molar-refractivity contribution in [3.05, 3.63) is 35.7 Å². The maximum absolute atomic E-state index is 13.5. The van der Waals surface area contributed by atoms with Gasteiger partial charge in [-0.25, -0.2) is 18.7 Å². The lowest BCUT2D eigenvalue weighted by Gasteiger charge is -2.39. The zero-order valence-electron chi connectivity index (χ0n) is 19.1. The number of halogens is 5. The van der Waals surface area contributed by atoms with Crippen LogP contribution < -0.4 is 10.2 Å². The number of pyridine rings is 1. The van der Waals surface area contributed by atoms with Crippen LogP contribution in [0.3, 0.4) is 0 Å². The lowest BCUT2D eigenvalue weighted by molar-refractivity contribution is -0.138. The number of rotatable bonds is 5. The van der Waals surface area contributed by atoms with Gasteiger partial charge in [0.2, 0.25) is 11.9 Å². The number of nitrogens with zero attached hydrogens (tertiary/aromatic N) is 5. The van der Waals surface area contributed by atoms with E-state index in [2.05, 4.69) is 20.3 Å². The van der Waals surface area contributed by atoms with Crippen LogP contribution in [-0.2, 0) is 11.0 Å². The molecule has 0 spiro atoms. The van der Waals surface area contributed by atoms with Gasteiger partial charge in [0, 0.05) is 36.7 Å². The number of hydrogen-bond acceptors (Lipinski definition) is 6. The van der Waals surface area contributed by atoms with E-state index in [4.69, 9.17) is 0 Å². The number of carbonyl (C=O) groups is 1. The quantitative estimate of drug-likeness (QED) is 0.611. The van der Waals surface area contributed by atoms with Crippen LogP contribution in [0.15, 0.2) is 24.4 Å². The third-order valence-corrected chi connectivity index (χ3v) is 6.86. The van der Waals surface area contributed by atoms with Crippen LogP contribution in [0.2, 0.25) is 0 Å². The minimum atomic E-state index is -4.64. The van der Waals surface area contributed by atoms with Crippen LogP contribution in [-0.4, -0.2) is 57.9 Å². The third-order valence-electron chi connectivity index (χ3n) is 6.86. The number of aromatic nitrogens is 3. The average Bonchev–Trinajstić information content (AvgIpc) is 3.55. The summed E-state index contributed by atoms with van der Waals surface area (Å²) in [5.74, 6) is -3.36. The zero-order valence-corrected chi connectivity index (χ0v) is 19.1. The van der Waals surface area contributed by atoms with Crippen molar-refractivity contribution in [2.75, 3.05) is 36.4 Å². The molecule has 0 bridgehead atoms. The zero-order chi connectivity index (χ0) is 25.0. The summed E-state index contributed by atoms with van der Waals surface area (Å²) in [4.78, 5) is 28.5. The van der Waals surface area contributed by atoms with Gasteiger partial charge in [-0.3, -0.25) is 4.79 Å². The molecule has 4 heterocycles. The molecular weight excluding hydrogens is 471 g/mol. The lowest BCUT2D eigenvalue weighted by atomic mass is 9.93. The summed E-state index contributed by atoms with van der Waals surface area (Å²) >= 11 is 0. The second-order valence-corrected chi connectivity index (χ2v) is 9.86. The first-order valence-electron chi connectivity index (χ1n) is 11.5. The number of carbonyl (C=O) groups excluding carboxylic acids is 1. The van der Waals surface area contributed by atoms with Crippen LogP contribution in [0.1, 0.15) is 49.8 Å². The van der Waals surface area contributed by atoms with Gasteiger partial charge in [0.25, 0.3) is 5.92 Å². The summed E-state index contributed by atoms with van der Waals surface area (Å²) in [5.41, 5.74) is -0.790. The van der Waals surface area contributed by atoms with Gasteiger partial charge in [0.1, 0.15) is 11.6 Å². The van der Waals surface area contributed by atoms with E-state index in [0.717, 1.165) is 25.3 Å². The molecule has 7 nitrogen and oxygen atoms in total. The molecule has 1 N–H and O–H groups in total. The van der Waals surface area contributed by atoms with E-state index in [1.807, 2.05) is 11.8 Å². The smallest absolute Gasteiger partial charge is 0.342 e. The van der Waals surface area contributed by atoms with E-state index in [0.29, 0.717) is 25.2 Å². The van der Waals surface area contributed by atoms with Crippen molar-refractivity contribution in [3.8, 4) is 0 Å². The molecule has 1 amide bonds. The molecular formula is C23H25F5N6O. The standard InChI is InChI=1S/C23H25F5N6O/c1-21(6-7-21)19(35)33-9-3-4-14(11-33)16-10-17(32-20(30-16)34-12-22(24,25)13-34)31-18-15(23(26,27)28)5-2-8-29-18/h2,5,8,10,14H,3-4,6-7,9,11-13H2,1H3,(H,29,30,31,32). The van der Waals surface area contributed by atoms with Gasteiger partial charge < -0.3 is 15.1 Å². The highest BCUT2D eigenvalue weighted by Gasteiger charge is 2.48. The molecule has 2 saturated heterocycles. The highest BCUT2D eigenvalue weighted by molar-refractivity contribution is 5.85. The van der Waals surface area contributed by atoms with Gasteiger partial charge in [0.15, 0.2) is 0 Å². The van der Waals surface area contributed by atoms with Crippen molar-refractivity contribution in [2.45, 2.75) is 50.6 Å². The molecule has 1 saturated carbocycles. The van der Waals surface area contributed by atoms with Gasteiger partial charge in [-0.1, -0.05) is 6.92 Å². The number of piperidine rings is 1. The first kappa shape index (κ1) is 23.7. The summed E-state index contributed by atoms with van der Waals surface area (Å²) in [6, 6.07) is 3.60. The molecule has 1 atom stereocenters. The molecule has 3 aliphatic rings. The number of amides is 1. The molecule has 12 heteroatoms. The van der Waals surface area contributed by atoms with Gasteiger partial charge in [-0.05, 0) is 37.8 Å². The Labute approximate surface area is 198 Å². The SMILES string of the molecule is CC1(C(=O)N2CCCC(c3cc(Nc4ncccc4C(F)(F)F)nc(N4CC(F)(F)C4)n3)C2)CC1. The van der Waals surface area contributed by atoms with E-state index in [-0.39, 0.29) is 29.0 Å². The monoisotopic (exact) mass is 496 g/mol. The molecule has 35 heavy (non-hydrogen) atoms. The molecule has 0 radical (unpaired) electrons. The highest BCUT2D eigenvalue weighted by Crippen LogP contribution is 2.47.